The summed E-state index contributed by atoms with van der Waals surface area (Å²) in [5, 5.41) is 5.68. The molecule has 6 heteroatoms. The van der Waals surface area contributed by atoms with Crippen molar-refractivity contribution in [2.24, 2.45) is 5.18 Å². The molecule has 0 radical (unpaired) electrons. The average Bonchev–Trinajstić information content (AvgIpc) is 2.39. The minimum atomic E-state index is -4.34. The van der Waals surface area contributed by atoms with E-state index in [4.69, 9.17) is 0 Å². The van der Waals surface area contributed by atoms with Crippen molar-refractivity contribution >= 4 is 17.1 Å². The normalized spacial score (nSPS) is 11.1. The van der Waals surface area contributed by atoms with Gasteiger partial charge in [-0.2, -0.15) is 13.2 Å². The Balaban J connectivity index is 2.12. The van der Waals surface area contributed by atoms with Crippen molar-refractivity contribution in [1.29, 1.82) is 0 Å². The van der Waals surface area contributed by atoms with Crippen LogP contribution in [0.15, 0.2) is 53.7 Å². The smallest absolute Gasteiger partial charge is 0.356 e. The molecule has 0 aromatic heterocycles. The Morgan fingerprint density at radius 2 is 1.32 bits per heavy atom. The maximum absolute atomic E-state index is 12.4. The van der Waals surface area contributed by atoms with Crippen LogP contribution in [-0.4, -0.2) is 0 Å². The third kappa shape index (κ3) is 3.31. The Bertz CT molecular complexity index is 562. The van der Waals surface area contributed by atoms with Crippen LogP contribution < -0.4 is 5.32 Å². The lowest BCUT2D eigenvalue weighted by atomic mass is 10.2. The molecule has 98 valence electrons. The molecule has 0 saturated heterocycles. The van der Waals surface area contributed by atoms with Crippen molar-refractivity contribution in [2.45, 2.75) is 6.18 Å². The lowest BCUT2D eigenvalue weighted by Gasteiger charge is -2.09. The van der Waals surface area contributed by atoms with Gasteiger partial charge in [0.2, 0.25) is 0 Å². The van der Waals surface area contributed by atoms with Gasteiger partial charge < -0.3 is 5.32 Å². The summed E-state index contributed by atoms with van der Waals surface area (Å²) in [5.74, 6) is 0. The van der Waals surface area contributed by atoms with Crippen LogP contribution in [0.4, 0.5) is 30.2 Å². The second-order valence-electron chi connectivity index (χ2n) is 3.84. The molecule has 2 rings (SSSR count). The molecule has 0 fully saturated rings. The van der Waals surface area contributed by atoms with E-state index >= 15 is 0 Å². The second kappa shape index (κ2) is 5.09. The van der Waals surface area contributed by atoms with E-state index in [1.165, 1.54) is 24.3 Å². The number of nitrogens with one attached hydrogen (secondary N) is 1. The summed E-state index contributed by atoms with van der Waals surface area (Å²) in [4.78, 5) is 10.2. The monoisotopic (exact) mass is 266 g/mol. The van der Waals surface area contributed by atoms with E-state index in [-0.39, 0.29) is 5.69 Å². The van der Waals surface area contributed by atoms with Crippen molar-refractivity contribution in [3.63, 3.8) is 0 Å². The molecule has 3 nitrogen and oxygen atoms in total. The van der Waals surface area contributed by atoms with Gasteiger partial charge >= 0.3 is 6.18 Å². The zero-order chi connectivity index (χ0) is 13.9. The molecule has 0 amide bonds. The zero-order valence-corrected chi connectivity index (χ0v) is 9.61. The molecule has 0 unspecified atom stereocenters. The highest BCUT2D eigenvalue weighted by atomic mass is 19.4. The predicted molar refractivity (Wildman–Crippen MR) is 66.6 cm³/mol. The Labute approximate surface area is 107 Å². The van der Waals surface area contributed by atoms with E-state index in [1.54, 1.807) is 12.1 Å². The number of halogens is 3. The van der Waals surface area contributed by atoms with Gasteiger partial charge in [0.15, 0.2) is 0 Å². The van der Waals surface area contributed by atoms with Crippen LogP contribution in [0.3, 0.4) is 0 Å². The highest BCUT2D eigenvalue weighted by molar-refractivity contribution is 5.61. The summed E-state index contributed by atoms with van der Waals surface area (Å²) in [6, 6.07) is 11.0. The topological polar surface area (TPSA) is 41.5 Å². The van der Waals surface area contributed by atoms with Gasteiger partial charge in [-0.25, -0.2) is 0 Å². The summed E-state index contributed by atoms with van der Waals surface area (Å²) >= 11 is 0. The van der Waals surface area contributed by atoms with Crippen molar-refractivity contribution in [1.82, 2.24) is 0 Å². The van der Waals surface area contributed by atoms with Crippen molar-refractivity contribution < 1.29 is 13.2 Å². The standard InChI is InChI=1S/C13H9F3N2O/c14-13(15,16)9-1-3-10(4-2-9)17-11-5-7-12(18-19)8-6-11/h1-8,17H. The highest BCUT2D eigenvalue weighted by Crippen LogP contribution is 2.30. The van der Waals surface area contributed by atoms with Gasteiger partial charge in [-0.3, -0.25) is 0 Å². The average molecular weight is 266 g/mol. The van der Waals surface area contributed by atoms with Crippen LogP contribution in [0.5, 0.6) is 0 Å². The summed E-state index contributed by atoms with van der Waals surface area (Å²) in [6.45, 7) is 0. The number of anilines is 2. The first-order valence-electron chi connectivity index (χ1n) is 5.37. The first-order valence-corrected chi connectivity index (χ1v) is 5.37. The largest absolute Gasteiger partial charge is 0.416 e. The number of benzene rings is 2. The van der Waals surface area contributed by atoms with E-state index in [2.05, 4.69) is 10.5 Å². The first-order chi connectivity index (χ1) is 8.99. The first kappa shape index (κ1) is 13.1. The molecule has 1 N–H and O–H groups in total. The van der Waals surface area contributed by atoms with Crippen molar-refractivity contribution in [2.75, 3.05) is 5.32 Å². The van der Waals surface area contributed by atoms with Gasteiger partial charge in [0.25, 0.3) is 0 Å². The molecule has 0 aliphatic carbocycles. The van der Waals surface area contributed by atoms with Crippen LogP contribution in [0.25, 0.3) is 0 Å². The molecule has 0 atom stereocenters. The molecule has 0 aliphatic heterocycles. The van der Waals surface area contributed by atoms with Gasteiger partial charge in [-0.15, -0.1) is 4.91 Å². The third-order valence-electron chi connectivity index (χ3n) is 2.47. The summed E-state index contributed by atoms with van der Waals surface area (Å²) in [5.41, 5.74) is 0.781. The molecule has 0 bridgehead atoms. The van der Waals surface area contributed by atoms with Gasteiger partial charge in [0.05, 0.1) is 5.56 Å². The van der Waals surface area contributed by atoms with Crippen LogP contribution in [0.2, 0.25) is 0 Å². The zero-order valence-electron chi connectivity index (χ0n) is 9.61. The van der Waals surface area contributed by atoms with E-state index in [1.807, 2.05) is 0 Å². The van der Waals surface area contributed by atoms with Crippen LogP contribution in [-0.2, 0) is 6.18 Å². The second-order valence-corrected chi connectivity index (χ2v) is 3.84. The molecule has 0 heterocycles. The van der Waals surface area contributed by atoms with Crippen LogP contribution in [0.1, 0.15) is 5.56 Å². The van der Waals surface area contributed by atoms with Gasteiger partial charge in [-0.05, 0) is 53.7 Å². The van der Waals surface area contributed by atoms with E-state index in [0.29, 0.717) is 11.4 Å². The summed E-state index contributed by atoms with van der Waals surface area (Å²) in [7, 11) is 0. The van der Waals surface area contributed by atoms with Crippen molar-refractivity contribution in [3.05, 3.63) is 59.0 Å². The minimum Gasteiger partial charge on any atom is -0.356 e. The minimum absolute atomic E-state index is 0.290. The quantitative estimate of drug-likeness (QED) is 0.807. The number of hydrogen-bond acceptors (Lipinski definition) is 3. The third-order valence-corrected chi connectivity index (χ3v) is 2.47. The maximum Gasteiger partial charge on any atom is 0.416 e. The van der Waals surface area contributed by atoms with Crippen LogP contribution >= 0.6 is 0 Å². The van der Waals surface area contributed by atoms with Crippen LogP contribution in [0, 0.1) is 4.91 Å². The number of nitroso groups, excluding NO2 is 1. The summed E-state index contributed by atoms with van der Waals surface area (Å²) in [6.07, 6.45) is -4.34. The van der Waals surface area contributed by atoms with E-state index < -0.39 is 11.7 Å². The lowest BCUT2D eigenvalue weighted by molar-refractivity contribution is -0.137. The predicted octanol–water partition coefficient (Wildman–Crippen LogP) is 4.85. The highest BCUT2D eigenvalue weighted by Gasteiger charge is 2.29. The fraction of sp³-hybridized carbons (Fsp3) is 0.0769. The maximum atomic E-state index is 12.4. The van der Waals surface area contributed by atoms with Gasteiger partial charge in [0, 0.05) is 11.4 Å². The molecule has 0 spiro atoms. The SMILES string of the molecule is O=Nc1ccc(Nc2ccc(C(F)(F)F)cc2)cc1. The van der Waals surface area contributed by atoms with Gasteiger partial charge in [-0.1, -0.05) is 0 Å². The molecule has 19 heavy (non-hydrogen) atoms. The fourth-order valence-corrected chi connectivity index (χ4v) is 1.51. The number of nitrogens with zero attached hydrogens (tertiary/aromatic N) is 1. The molecular weight excluding hydrogens is 257 g/mol. The Kier molecular flexibility index (Phi) is 3.50. The summed E-state index contributed by atoms with van der Waals surface area (Å²) < 4.78 is 37.1. The fourth-order valence-electron chi connectivity index (χ4n) is 1.51. The number of rotatable bonds is 3. The molecule has 0 saturated carbocycles. The van der Waals surface area contributed by atoms with Gasteiger partial charge in [0.1, 0.15) is 5.69 Å². The Hall–Kier alpha value is -2.37. The Morgan fingerprint density at radius 3 is 1.74 bits per heavy atom. The van der Waals surface area contributed by atoms with E-state index in [9.17, 15) is 18.1 Å². The Morgan fingerprint density at radius 1 is 0.842 bits per heavy atom. The van der Waals surface area contributed by atoms with E-state index in [0.717, 1.165) is 12.1 Å². The molecule has 0 aliphatic rings. The number of alkyl halides is 3. The number of hydrogen-bond donors (Lipinski definition) is 1. The molecular formula is C13H9F3N2O. The molecule has 2 aromatic rings. The van der Waals surface area contributed by atoms with Crippen molar-refractivity contribution in [3.8, 4) is 0 Å². The molecule has 2 aromatic carbocycles. The lowest BCUT2D eigenvalue weighted by Crippen LogP contribution is -2.04.